The Balaban J connectivity index is 2.45. The molecular weight excluding hydrogens is 276 g/mol. The lowest BCUT2D eigenvalue weighted by Crippen LogP contribution is -2.45. The molecule has 0 spiro atoms. The molecule has 0 fully saturated rings. The zero-order valence-corrected chi connectivity index (χ0v) is 14.2. The largest absolute Gasteiger partial charge is 0.351 e. The van der Waals surface area contributed by atoms with Gasteiger partial charge in [0, 0.05) is 23.6 Å². The molecule has 0 amide bonds. The normalized spacial score (nSPS) is 17.5. The first-order valence-electron chi connectivity index (χ1n) is 7.35. The van der Waals surface area contributed by atoms with Crippen molar-refractivity contribution < 1.29 is 0 Å². The summed E-state index contributed by atoms with van der Waals surface area (Å²) in [7, 11) is 0. The highest BCUT2D eigenvalue weighted by molar-refractivity contribution is 8.15. The lowest BCUT2D eigenvalue weighted by molar-refractivity contribution is 0.154. The average Bonchev–Trinajstić information content (AvgIpc) is 2.44. The van der Waals surface area contributed by atoms with Crippen LogP contribution in [-0.4, -0.2) is 27.4 Å². The summed E-state index contributed by atoms with van der Waals surface area (Å²) in [5, 5.41) is 1.10. The predicted octanol–water partition coefficient (Wildman–Crippen LogP) is 4.81. The summed E-state index contributed by atoms with van der Waals surface area (Å²) < 4.78 is 0. The fourth-order valence-corrected chi connectivity index (χ4v) is 3.45. The standard InChI is InChI=1S/C18H24N2S/c1-6-12-21-17-16(15-10-8-7-9-11-15)13-20(14(2)3)18(4,5)19-17/h6-11,13-14H,1,12H2,2-5H3. The maximum atomic E-state index is 5.00. The van der Waals surface area contributed by atoms with E-state index in [1.807, 2.05) is 12.1 Å². The summed E-state index contributed by atoms with van der Waals surface area (Å²) >= 11 is 1.75. The minimum atomic E-state index is -0.212. The van der Waals surface area contributed by atoms with Gasteiger partial charge in [0.1, 0.15) is 10.7 Å². The van der Waals surface area contributed by atoms with Gasteiger partial charge in [0.05, 0.1) is 0 Å². The maximum absolute atomic E-state index is 5.00. The van der Waals surface area contributed by atoms with Crippen molar-refractivity contribution in [3.05, 3.63) is 54.8 Å². The quantitative estimate of drug-likeness (QED) is 0.742. The van der Waals surface area contributed by atoms with Crippen LogP contribution in [0.2, 0.25) is 0 Å². The van der Waals surface area contributed by atoms with E-state index in [0.29, 0.717) is 6.04 Å². The molecule has 1 heterocycles. The van der Waals surface area contributed by atoms with Gasteiger partial charge in [0.25, 0.3) is 0 Å². The Hall–Kier alpha value is -1.48. The molecule has 0 bridgehead atoms. The third kappa shape index (κ3) is 3.59. The molecule has 1 aromatic carbocycles. The van der Waals surface area contributed by atoms with Crippen molar-refractivity contribution in [3.63, 3.8) is 0 Å². The van der Waals surface area contributed by atoms with Gasteiger partial charge in [-0.1, -0.05) is 36.4 Å². The molecule has 2 rings (SSSR count). The molecule has 2 nitrogen and oxygen atoms in total. The molecule has 112 valence electrons. The predicted molar refractivity (Wildman–Crippen MR) is 95.6 cm³/mol. The lowest BCUT2D eigenvalue weighted by atomic mass is 10.0. The first-order valence-corrected chi connectivity index (χ1v) is 8.34. The summed E-state index contributed by atoms with van der Waals surface area (Å²) in [5.74, 6) is 0.876. The van der Waals surface area contributed by atoms with Crippen LogP contribution < -0.4 is 0 Å². The second-order valence-electron chi connectivity index (χ2n) is 5.92. The number of nitrogens with zero attached hydrogens (tertiary/aromatic N) is 2. The third-order valence-corrected chi connectivity index (χ3v) is 4.47. The monoisotopic (exact) mass is 300 g/mol. The van der Waals surface area contributed by atoms with Crippen LogP contribution in [0.3, 0.4) is 0 Å². The Morgan fingerprint density at radius 3 is 2.52 bits per heavy atom. The molecule has 3 heteroatoms. The second-order valence-corrected chi connectivity index (χ2v) is 6.93. The minimum absolute atomic E-state index is 0.212. The van der Waals surface area contributed by atoms with Crippen LogP contribution in [0.4, 0.5) is 0 Å². The van der Waals surface area contributed by atoms with Gasteiger partial charge in [-0.25, -0.2) is 0 Å². The van der Waals surface area contributed by atoms with Gasteiger partial charge < -0.3 is 4.90 Å². The number of rotatable bonds is 4. The van der Waals surface area contributed by atoms with Crippen LogP contribution in [-0.2, 0) is 0 Å². The van der Waals surface area contributed by atoms with E-state index in [1.165, 1.54) is 11.1 Å². The third-order valence-electron chi connectivity index (χ3n) is 3.48. The van der Waals surface area contributed by atoms with Gasteiger partial charge in [0.2, 0.25) is 0 Å². The average molecular weight is 300 g/mol. The van der Waals surface area contributed by atoms with Gasteiger partial charge in [-0.05, 0) is 33.3 Å². The zero-order chi connectivity index (χ0) is 15.5. The molecule has 0 atom stereocenters. The first-order chi connectivity index (χ1) is 9.95. The first kappa shape index (κ1) is 15.9. The van der Waals surface area contributed by atoms with Gasteiger partial charge in [-0.15, -0.1) is 18.3 Å². The molecule has 0 N–H and O–H groups in total. The lowest BCUT2D eigenvalue weighted by Gasteiger charge is -2.42. The molecule has 0 saturated carbocycles. The topological polar surface area (TPSA) is 15.6 Å². The fraction of sp³-hybridized carbons (Fsp3) is 0.389. The Morgan fingerprint density at radius 2 is 1.95 bits per heavy atom. The van der Waals surface area contributed by atoms with Crippen molar-refractivity contribution >= 4 is 22.4 Å². The smallest absolute Gasteiger partial charge is 0.127 e. The molecule has 0 saturated heterocycles. The fourth-order valence-electron chi connectivity index (χ4n) is 2.56. The molecular formula is C18H24N2S. The summed E-state index contributed by atoms with van der Waals surface area (Å²) in [6, 6.07) is 10.9. The van der Waals surface area contributed by atoms with Gasteiger partial charge in [-0.3, -0.25) is 4.99 Å². The van der Waals surface area contributed by atoms with E-state index in [2.05, 4.69) is 69.6 Å². The summed E-state index contributed by atoms with van der Waals surface area (Å²) in [6.07, 6.45) is 4.19. The maximum Gasteiger partial charge on any atom is 0.127 e. The SMILES string of the molecule is C=CCSC1=NC(C)(C)N(C(C)C)C=C1c1ccccc1. The van der Waals surface area contributed by atoms with Crippen LogP contribution in [0.15, 0.2) is 54.2 Å². The highest BCUT2D eigenvalue weighted by Crippen LogP contribution is 2.34. The Labute approximate surface area is 132 Å². The molecule has 1 aliphatic heterocycles. The van der Waals surface area contributed by atoms with E-state index in [4.69, 9.17) is 4.99 Å². The summed E-state index contributed by atoms with van der Waals surface area (Å²) in [5.41, 5.74) is 2.21. The van der Waals surface area contributed by atoms with Crippen LogP contribution in [0.5, 0.6) is 0 Å². The van der Waals surface area contributed by atoms with Gasteiger partial charge in [0.15, 0.2) is 0 Å². The number of benzene rings is 1. The van der Waals surface area contributed by atoms with E-state index in [9.17, 15) is 0 Å². The summed E-state index contributed by atoms with van der Waals surface area (Å²) in [6.45, 7) is 12.6. The van der Waals surface area contributed by atoms with Gasteiger partial charge >= 0.3 is 0 Å². The number of hydrogen-bond acceptors (Lipinski definition) is 3. The van der Waals surface area contributed by atoms with Crippen molar-refractivity contribution in [3.8, 4) is 0 Å². The summed E-state index contributed by atoms with van der Waals surface area (Å²) in [4.78, 5) is 7.33. The van der Waals surface area contributed by atoms with E-state index in [0.717, 1.165) is 10.8 Å². The van der Waals surface area contributed by atoms with Crippen molar-refractivity contribution in [1.82, 2.24) is 4.90 Å². The molecule has 1 aliphatic rings. The number of aliphatic imine (C=N–C) groups is 1. The second kappa shape index (κ2) is 6.52. The highest BCUT2D eigenvalue weighted by Gasteiger charge is 2.31. The van der Waals surface area contributed by atoms with E-state index >= 15 is 0 Å². The Morgan fingerprint density at radius 1 is 1.29 bits per heavy atom. The van der Waals surface area contributed by atoms with E-state index < -0.39 is 0 Å². The molecule has 0 radical (unpaired) electrons. The van der Waals surface area contributed by atoms with Crippen molar-refractivity contribution in [1.29, 1.82) is 0 Å². The Kier molecular flexibility index (Phi) is 4.94. The van der Waals surface area contributed by atoms with Crippen molar-refractivity contribution in [2.45, 2.75) is 39.4 Å². The van der Waals surface area contributed by atoms with Crippen LogP contribution >= 0.6 is 11.8 Å². The number of thioether (sulfide) groups is 1. The molecule has 0 unspecified atom stereocenters. The highest BCUT2D eigenvalue weighted by atomic mass is 32.2. The molecule has 21 heavy (non-hydrogen) atoms. The van der Waals surface area contributed by atoms with Crippen molar-refractivity contribution in [2.24, 2.45) is 4.99 Å². The Bertz CT molecular complexity index is 556. The van der Waals surface area contributed by atoms with E-state index in [-0.39, 0.29) is 5.66 Å². The van der Waals surface area contributed by atoms with Crippen molar-refractivity contribution in [2.75, 3.05) is 5.75 Å². The van der Waals surface area contributed by atoms with Crippen LogP contribution in [0, 0.1) is 0 Å². The zero-order valence-electron chi connectivity index (χ0n) is 13.3. The van der Waals surface area contributed by atoms with Crippen LogP contribution in [0.1, 0.15) is 33.3 Å². The molecule has 0 aromatic heterocycles. The number of hydrogen-bond donors (Lipinski definition) is 0. The van der Waals surface area contributed by atoms with E-state index in [1.54, 1.807) is 11.8 Å². The van der Waals surface area contributed by atoms with Gasteiger partial charge in [-0.2, -0.15) is 0 Å². The van der Waals surface area contributed by atoms with Crippen LogP contribution in [0.25, 0.3) is 5.57 Å². The minimum Gasteiger partial charge on any atom is -0.351 e. The molecule has 0 aliphatic carbocycles. The molecule has 1 aromatic rings.